The molecule has 1 rings (SSSR count). The van der Waals surface area contributed by atoms with Gasteiger partial charge in [0.15, 0.2) is 0 Å². The lowest BCUT2D eigenvalue weighted by Crippen LogP contribution is -2.13. The number of rotatable bonds is 4. The van der Waals surface area contributed by atoms with Gasteiger partial charge in [-0.25, -0.2) is 0 Å². The molecule has 1 unspecified atom stereocenters. The fourth-order valence-corrected chi connectivity index (χ4v) is 1.49. The van der Waals surface area contributed by atoms with E-state index in [0.29, 0.717) is 5.92 Å². The summed E-state index contributed by atoms with van der Waals surface area (Å²) in [6, 6.07) is 3.80. The zero-order valence-electron chi connectivity index (χ0n) is 8.34. The zero-order valence-corrected chi connectivity index (χ0v) is 8.34. The van der Waals surface area contributed by atoms with Crippen LogP contribution < -0.4 is 5.56 Å². The van der Waals surface area contributed by atoms with Crippen LogP contribution in [0, 0.1) is 0 Å². The Labute approximate surface area is 79.0 Å². The van der Waals surface area contributed by atoms with Crippen LogP contribution in [0.2, 0.25) is 0 Å². The van der Waals surface area contributed by atoms with Gasteiger partial charge in [-0.15, -0.1) is 0 Å². The highest BCUT2D eigenvalue weighted by molar-refractivity contribution is 5.13. The van der Waals surface area contributed by atoms with Crippen molar-refractivity contribution in [3.8, 4) is 0 Å². The van der Waals surface area contributed by atoms with Crippen LogP contribution in [-0.4, -0.2) is 4.98 Å². The highest BCUT2D eigenvalue weighted by atomic mass is 16.1. The van der Waals surface area contributed by atoms with Crippen LogP contribution in [0.3, 0.4) is 0 Å². The van der Waals surface area contributed by atoms with Crippen LogP contribution in [0.4, 0.5) is 0 Å². The molecule has 72 valence electrons. The predicted octanol–water partition coefficient (Wildman–Crippen LogP) is 2.67. The summed E-state index contributed by atoms with van der Waals surface area (Å²) in [5.74, 6) is 0.380. The first-order valence-corrected chi connectivity index (χ1v) is 4.93. The first kappa shape index (κ1) is 10.0. The molecule has 0 aliphatic heterocycles. The van der Waals surface area contributed by atoms with Gasteiger partial charge >= 0.3 is 0 Å². The fraction of sp³-hybridized carbons (Fsp3) is 0.545. The minimum absolute atomic E-state index is 0.0612. The Hall–Kier alpha value is -1.05. The smallest absolute Gasteiger partial charge is 0.251 e. The van der Waals surface area contributed by atoms with Crippen molar-refractivity contribution in [3.05, 3.63) is 34.2 Å². The molecule has 13 heavy (non-hydrogen) atoms. The fourth-order valence-electron chi connectivity index (χ4n) is 1.49. The largest absolute Gasteiger partial charge is 0.329 e. The molecule has 0 aliphatic carbocycles. The molecule has 1 aromatic heterocycles. The first-order valence-electron chi connectivity index (χ1n) is 4.93. The lowest BCUT2D eigenvalue weighted by molar-refractivity contribution is 0.619. The third-order valence-corrected chi connectivity index (χ3v) is 2.37. The summed E-state index contributed by atoms with van der Waals surface area (Å²) in [7, 11) is 0. The lowest BCUT2D eigenvalue weighted by atomic mass is 9.97. The third-order valence-electron chi connectivity index (χ3n) is 2.37. The molecule has 0 aromatic carbocycles. The molecule has 2 nitrogen and oxygen atoms in total. The quantitative estimate of drug-likeness (QED) is 0.757. The van der Waals surface area contributed by atoms with Crippen LogP contribution in [0.25, 0.3) is 0 Å². The minimum Gasteiger partial charge on any atom is -0.329 e. The van der Waals surface area contributed by atoms with E-state index in [0.717, 1.165) is 12.0 Å². The van der Waals surface area contributed by atoms with Gasteiger partial charge in [-0.1, -0.05) is 32.8 Å². The van der Waals surface area contributed by atoms with E-state index in [1.165, 1.54) is 12.8 Å². The normalized spacial score (nSPS) is 12.8. The number of H-pyrrole nitrogens is 1. The van der Waals surface area contributed by atoms with Crippen molar-refractivity contribution >= 4 is 0 Å². The number of nitrogens with one attached hydrogen (secondary N) is 1. The molecule has 1 N–H and O–H groups in total. The van der Waals surface area contributed by atoms with Crippen molar-refractivity contribution in [1.29, 1.82) is 0 Å². The molecule has 0 aliphatic rings. The molecule has 0 fully saturated rings. The molecular formula is C11H17NO. The van der Waals surface area contributed by atoms with Gasteiger partial charge in [0.2, 0.25) is 0 Å². The minimum atomic E-state index is 0.0612. The van der Waals surface area contributed by atoms with Gasteiger partial charge in [-0.2, -0.15) is 0 Å². The molecule has 0 bridgehead atoms. The Balaban J connectivity index is 2.71. The molecule has 1 aromatic rings. The Kier molecular flexibility index (Phi) is 3.74. The van der Waals surface area contributed by atoms with E-state index in [4.69, 9.17) is 0 Å². The monoisotopic (exact) mass is 179 g/mol. The topological polar surface area (TPSA) is 32.9 Å². The van der Waals surface area contributed by atoms with Crippen molar-refractivity contribution in [1.82, 2.24) is 4.98 Å². The van der Waals surface area contributed by atoms with Crippen LogP contribution in [0.5, 0.6) is 0 Å². The first-order chi connectivity index (χ1) is 6.25. The van der Waals surface area contributed by atoms with Gasteiger partial charge in [0.05, 0.1) is 0 Å². The summed E-state index contributed by atoms with van der Waals surface area (Å²) >= 11 is 0. The SMILES string of the molecule is CCCCC(C)c1ccc[nH]c1=O. The number of hydrogen-bond donors (Lipinski definition) is 1. The van der Waals surface area contributed by atoms with E-state index in [-0.39, 0.29) is 5.56 Å². The van der Waals surface area contributed by atoms with E-state index in [9.17, 15) is 4.79 Å². The van der Waals surface area contributed by atoms with Gasteiger partial charge in [0, 0.05) is 11.8 Å². The van der Waals surface area contributed by atoms with Crippen molar-refractivity contribution < 1.29 is 0 Å². The molecular weight excluding hydrogens is 162 g/mol. The maximum Gasteiger partial charge on any atom is 0.251 e. The van der Waals surface area contributed by atoms with Gasteiger partial charge in [-0.3, -0.25) is 4.79 Å². The second kappa shape index (κ2) is 4.85. The van der Waals surface area contributed by atoms with E-state index >= 15 is 0 Å². The Bertz CT molecular complexity index is 303. The standard InChI is InChI=1S/C11H17NO/c1-3-4-6-9(2)10-7-5-8-12-11(10)13/h5,7-9H,3-4,6H2,1-2H3,(H,12,13). The Morgan fingerprint density at radius 2 is 2.31 bits per heavy atom. The lowest BCUT2D eigenvalue weighted by Gasteiger charge is -2.08. The molecule has 1 heterocycles. The molecule has 0 radical (unpaired) electrons. The second-order valence-corrected chi connectivity index (χ2v) is 3.50. The zero-order chi connectivity index (χ0) is 9.68. The van der Waals surface area contributed by atoms with Gasteiger partial charge < -0.3 is 4.98 Å². The van der Waals surface area contributed by atoms with E-state index < -0.39 is 0 Å². The van der Waals surface area contributed by atoms with Gasteiger partial charge in [-0.05, 0) is 18.4 Å². The molecule has 0 saturated carbocycles. The summed E-state index contributed by atoms with van der Waals surface area (Å²) in [4.78, 5) is 14.1. The summed E-state index contributed by atoms with van der Waals surface area (Å²) < 4.78 is 0. The Morgan fingerprint density at radius 1 is 1.54 bits per heavy atom. The molecule has 2 heteroatoms. The second-order valence-electron chi connectivity index (χ2n) is 3.50. The van der Waals surface area contributed by atoms with Crippen LogP contribution in [0.15, 0.2) is 23.1 Å². The van der Waals surface area contributed by atoms with Crippen LogP contribution >= 0.6 is 0 Å². The number of hydrogen-bond acceptors (Lipinski definition) is 1. The van der Waals surface area contributed by atoms with Crippen molar-refractivity contribution in [2.24, 2.45) is 0 Å². The van der Waals surface area contributed by atoms with Gasteiger partial charge in [0.1, 0.15) is 0 Å². The summed E-state index contributed by atoms with van der Waals surface area (Å²) in [6.07, 6.45) is 5.16. The third kappa shape index (κ3) is 2.72. The van der Waals surface area contributed by atoms with Crippen molar-refractivity contribution in [3.63, 3.8) is 0 Å². The maximum atomic E-state index is 11.4. The number of pyridine rings is 1. The molecule has 0 spiro atoms. The molecule has 0 amide bonds. The summed E-state index contributed by atoms with van der Waals surface area (Å²) in [5, 5.41) is 0. The summed E-state index contributed by atoms with van der Waals surface area (Å²) in [6.45, 7) is 4.28. The number of aromatic amines is 1. The van der Waals surface area contributed by atoms with Crippen molar-refractivity contribution in [2.75, 3.05) is 0 Å². The molecule has 1 atom stereocenters. The predicted molar refractivity (Wildman–Crippen MR) is 55.0 cm³/mol. The average molecular weight is 179 g/mol. The number of unbranched alkanes of at least 4 members (excludes halogenated alkanes) is 1. The van der Waals surface area contributed by atoms with Crippen LogP contribution in [0.1, 0.15) is 44.6 Å². The highest BCUT2D eigenvalue weighted by Gasteiger charge is 2.07. The van der Waals surface area contributed by atoms with E-state index in [2.05, 4.69) is 18.8 Å². The highest BCUT2D eigenvalue weighted by Crippen LogP contribution is 2.17. The Morgan fingerprint density at radius 3 is 2.92 bits per heavy atom. The van der Waals surface area contributed by atoms with E-state index in [1.54, 1.807) is 6.20 Å². The van der Waals surface area contributed by atoms with Gasteiger partial charge in [0.25, 0.3) is 5.56 Å². The van der Waals surface area contributed by atoms with Crippen LogP contribution in [-0.2, 0) is 0 Å². The average Bonchev–Trinajstić information content (AvgIpc) is 2.15. The number of aromatic nitrogens is 1. The summed E-state index contributed by atoms with van der Waals surface area (Å²) in [5.41, 5.74) is 0.974. The van der Waals surface area contributed by atoms with Crippen molar-refractivity contribution in [2.45, 2.75) is 39.0 Å². The van der Waals surface area contributed by atoms with E-state index in [1.807, 2.05) is 12.1 Å². The molecule has 0 saturated heterocycles. The maximum absolute atomic E-state index is 11.4.